The number of ether oxygens (including phenoxy) is 1. The average molecular weight is 322 g/mol. The van der Waals surface area contributed by atoms with Crippen LogP contribution in [0.1, 0.15) is 18.4 Å². The first-order valence-electron chi connectivity index (χ1n) is 7.99. The molecule has 1 spiro atoms. The van der Waals surface area contributed by atoms with Gasteiger partial charge in [-0.3, -0.25) is 4.99 Å². The number of hydrogen-bond donors (Lipinski definition) is 1. The van der Waals surface area contributed by atoms with Gasteiger partial charge in [0.25, 0.3) is 0 Å². The van der Waals surface area contributed by atoms with Gasteiger partial charge in [0.15, 0.2) is 5.96 Å². The summed E-state index contributed by atoms with van der Waals surface area (Å²) in [6, 6.07) is 8.03. The van der Waals surface area contributed by atoms with Crippen LogP contribution in [0, 0.1) is 5.41 Å². The number of hydrogen-bond acceptors (Lipinski definition) is 2. The van der Waals surface area contributed by atoms with E-state index in [4.69, 9.17) is 16.3 Å². The number of guanidine groups is 1. The van der Waals surface area contributed by atoms with Crippen molar-refractivity contribution < 1.29 is 4.74 Å². The Kier molecular flexibility index (Phi) is 4.89. The summed E-state index contributed by atoms with van der Waals surface area (Å²) in [6.45, 7) is 4.81. The third-order valence-corrected chi connectivity index (χ3v) is 4.96. The van der Waals surface area contributed by atoms with E-state index in [1.165, 1.54) is 18.4 Å². The molecule has 2 aliphatic heterocycles. The molecule has 0 aromatic heterocycles. The second-order valence-corrected chi connectivity index (χ2v) is 6.76. The highest BCUT2D eigenvalue weighted by atomic mass is 35.5. The molecule has 4 nitrogen and oxygen atoms in total. The van der Waals surface area contributed by atoms with Gasteiger partial charge >= 0.3 is 0 Å². The lowest BCUT2D eigenvalue weighted by atomic mass is 9.87. The highest BCUT2D eigenvalue weighted by Gasteiger charge is 2.42. The minimum atomic E-state index is 0.366. The lowest BCUT2D eigenvalue weighted by Crippen LogP contribution is -2.42. The number of nitrogens with zero attached hydrogens (tertiary/aromatic N) is 2. The van der Waals surface area contributed by atoms with Gasteiger partial charge in [-0.15, -0.1) is 0 Å². The summed E-state index contributed by atoms with van der Waals surface area (Å²) in [5.74, 6) is 1.01. The molecule has 0 aliphatic carbocycles. The standard InChI is InChI=1S/C17H24ClN3O/c1-19-16(20-8-5-14-3-2-4-15(18)11-14)21-9-6-17(12-21)7-10-22-13-17/h2-4,11H,5-10,12-13H2,1H3,(H,19,20). The van der Waals surface area contributed by atoms with Crippen LogP contribution in [-0.2, 0) is 11.2 Å². The molecule has 3 rings (SSSR count). The SMILES string of the molecule is CN=C(NCCc1cccc(Cl)c1)N1CCC2(CCOC2)C1. The van der Waals surface area contributed by atoms with Crippen LogP contribution in [0.3, 0.4) is 0 Å². The lowest BCUT2D eigenvalue weighted by Gasteiger charge is -2.25. The number of rotatable bonds is 3. The highest BCUT2D eigenvalue weighted by molar-refractivity contribution is 6.30. The molecule has 0 radical (unpaired) electrons. The Morgan fingerprint density at radius 3 is 3.09 bits per heavy atom. The molecule has 0 bridgehead atoms. The van der Waals surface area contributed by atoms with Gasteiger partial charge in [0.2, 0.25) is 0 Å². The van der Waals surface area contributed by atoms with Crippen LogP contribution in [-0.4, -0.2) is 50.8 Å². The average Bonchev–Trinajstić information content (AvgIpc) is 3.14. The Hall–Kier alpha value is -1.26. The summed E-state index contributed by atoms with van der Waals surface area (Å²) >= 11 is 6.02. The molecule has 2 aliphatic rings. The molecule has 5 heteroatoms. The number of halogens is 1. The molecule has 1 unspecified atom stereocenters. The van der Waals surface area contributed by atoms with E-state index < -0.39 is 0 Å². The zero-order valence-electron chi connectivity index (χ0n) is 13.1. The smallest absolute Gasteiger partial charge is 0.193 e. The minimum Gasteiger partial charge on any atom is -0.381 e. The molecule has 1 aromatic carbocycles. The summed E-state index contributed by atoms with van der Waals surface area (Å²) in [5.41, 5.74) is 1.61. The molecule has 0 saturated carbocycles. The first-order chi connectivity index (χ1) is 10.7. The van der Waals surface area contributed by atoms with Crippen LogP contribution in [0.25, 0.3) is 0 Å². The third-order valence-electron chi connectivity index (χ3n) is 4.72. The van der Waals surface area contributed by atoms with Crippen LogP contribution < -0.4 is 5.32 Å². The molecular formula is C17H24ClN3O. The largest absolute Gasteiger partial charge is 0.381 e. The monoisotopic (exact) mass is 321 g/mol. The molecule has 2 heterocycles. The van der Waals surface area contributed by atoms with Gasteiger partial charge in [-0.1, -0.05) is 23.7 Å². The van der Waals surface area contributed by atoms with Crippen LogP contribution in [0.15, 0.2) is 29.3 Å². The second kappa shape index (κ2) is 6.88. The van der Waals surface area contributed by atoms with E-state index in [1.54, 1.807) is 0 Å². The zero-order chi connectivity index (χ0) is 15.4. The molecule has 1 atom stereocenters. The van der Waals surface area contributed by atoms with Crippen molar-refractivity contribution in [3.63, 3.8) is 0 Å². The number of nitrogens with one attached hydrogen (secondary N) is 1. The molecular weight excluding hydrogens is 298 g/mol. The molecule has 2 fully saturated rings. The van der Waals surface area contributed by atoms with Crippen molar-refractivity contribution in [2.75, 3.05) is 39.9 Å². The highest BCUT2D eigenvalue weighted by Crippen LogP contribution is 2.38. The lowest BCUT2D eigenvalue weighted by molar-refractivity contribution is 0.156. The number of benzene rings is 1. The van der Waals surface area contributed by atoms with Crippen LogP contribution >= 0.6 is 11.6 Å². The van der Waals surface area contributed by atoms with E-state index in [0.717, 1.165) is 50.3 Å². The summed E-state index contributed by atoms with van der Waals surface area (Å²) in [6.07, 6.45) is 3.34. The molecule has 2 saturated heterocycles. The van der Waals surface area contributed by atoms with Gasteiger partial charge in [0.1, 0.15) is 0 Å². The van der Waals surface area contributed by atoms with Crippen LogP contribution in [0.5, 0.6) is 0 Å². The van der Waals surface area contributed by atoms with E-state index in [-0.39, 0.29) is 0 Å². The Balaban J connectivity index is 1.50. The maximum absolute atomic E-state index is 6.02. The predicted octanol–water partition coefficient (Wildman–Crippen LogP) is 2.57. The predicted molar refractivity (Wildman–Crippen MR) is 90.6 cm³/mol. The minimum absolute atomic E-state index is 0.366. The first kappa shape index (κ1) is 15.6. The van der Waals surface area contributed by atoms with E-state index >= 15 is 0 Å². The molecule has 1 aromatic rings. The van der Waals surface area contributed by atoms with E-state index in [9.17, 15) is 0 Å². The third kappa shape index (κ3) is 3.55. The van der Waals surface area contributed by atoms with Gasteiger partial charge in [-0.05, 0) is 37.0 Å². The van der Waals surface area contributed by atoms with Crippen LogP contribution in [0.2, 0.25) is 5.02 Å². The fourth-order valence-corrected chi connectivity index (χ4v) is 3.64. The van der Waals surface area contributed by atoms with Crippen molar-refractivity contribution in [1.82, 2.24) is 10.2 Å². The van der Waals surface area contributed by atoms with Gasteiger partial charge < -0.3 is 15.0 Å². The second-order valence-electron chi connectivity index (χ2n) is 6.33. The normalized spacial score (nSPS) is 25.2. The van der Waals surface area contributed by atoms with E-state index in [2.05, 4.69) is 21.3 Å². The number of likely N-dealkylation sites (tertiary alicyclic amines) is 1. The summed E-state index contributed by atoms with van der Waals surface area (Å²) in [5, 5.41) is 4.27. The summed E-state index contributed by atoms with van der Waals surface area (Å²) < 4.78 is 5.59. The molecule has 1 N–H and O–H groups in total. The Morgan fingerprint density at radius 2 is 2.36 bits per heavy atom. The van der Waals surface area contributed by atoms with Gasteiger partial charge in [0, 0.05) is 43.7 Å². The van der Waals surface area contributed by atoms with Gasteiger partial charge in [-0.25, -0.2) is 0 Å². The van der Waals surface area contributed by atoms with E-state index in [1.807, 2.05) is 25.2 Å². The summed E-state index contributed by atoms with van der Waals surface area (Å²) in [4.78, 5) is 6.81. The van der Waals surface area contributed by atoms with E-state index in [0.29, 0.717) is 5.41 Å². The Bertz CT molecular complexity index is 540. The first-order valence-corrected chi connectivity index (χ1v) is 8.36. The molecule has 0 amide bonds. The van der Waals surface area contributed by atoms with Gasteiger partial charge in [-0.2, -0.15) is 0 Å². The zero-order valence-corrected chi connectivity index (χ0v) is 13.9. The van der Waals surface area contributed by atoms with Crippen molar-refractivity contribution in [3.05, 3.63) is 34.9 Å². The fraction of sp³-hybridized carbons (Fsp3) is 0.588. The molecule has 120 valence electrons. The number of aliphatic imine (C=N–C) groups is 1. The Labute approximate surface area is 137 Å². The fourth-order valence-electron chi connectivity index (χ4n) is 3.43. The molecule has 22 heavy (non-hydrogen) atoms. The van der Waals surface area contributed by atoms with Crippen LogP contribution in [0.4, 0.5) is 0 Å². The van der Waals surface area contributed by atoms with Crippen molar-refractivity contribution in [1.29, 1.82) is 0 Å². The maximum Gasteiger partial charge on any atom is 0.193 e. The quantitative estimate of drug-likeness (QED) is 0.686. The van der Waals surface area contributed by atoms with Crippen molar-refractivity contribution in [3.8, 4) is 0 Å². The maximum atomic E-state index is 6.02. The summed E-state index contributed by atoms with van der Waals surface area (Å²) in [7, 11) is 1.86. The Morgan fingerprint density at radius 1 is 1.45 bits per heavy atom. The topological polar surface area (TPSA) is 36.9 Å². The van der Waals surface area contributed by atoms with Crippen molar-refractivity contribution in [2.45, 2.75) is 19.3 Å². The van der Waals surface area contributed by atoms with Crippen molar-refractivity contribution >= 4 is 17.6 Å². The van der Waals surface area contributed by atoms with Crippen molar-refractivity contribution in [2.24, 2.45) is 10.4 Å². The van der Waals surface area contributed by atoms with Gasteiger partial charge in [0.05, 0.1) is 6.61 Å².